The van der Waals surface area contributed by atoms with Crippen LogP contribution in [0.15, 0.2) is 41.7 Å². The molecule has 1 aromatic carbocycles. The molecule has 3 N–H and O–H groups in total. The van der Waals surface area contributed by atoms with Crippen LogP contribution in [0.2, 0.25) is 0 Å². The molecule has 6 nitrogen and oxygen atoms in total. The molecule has 0 saturated carbocycles. The second kappa shape index (κ2) is 9.97. The van der Waals surface area contributed by atoms with Crippen LogP contribution in [0.5, 0.6) is 0 Å². The Bertz CT molecular complexity index is 832. The second-order valence-corrected chi connectivity index (χ2v) is 7.19. The van der Waals surface area contributed by atoms with Gasteiger partial charge in [-0.15, -0.1) is 0 Å². The van der Waals surface area contributed by atoms with Crippen molar-refractivity contribution in [3.8, 4) is 0 Å². The van der Waals surface area contributed by atoms with Crippen LogP contribution >= 0.6 is 0 Å². The average Bonchev–Trinajstić information content (AvgIpc) is 3.13. The molecule has 0 amide bonds. The van der Waals surface area contributed by atoms with E-state index in [1.807, 2.05) is 38.1 Å². The van der Waals surface area contributed by atoms with Gasteiger partial charge in [0.05, 0.1) is 6.04 Å². The molecular formula is C21H30F3N5O. The number of nitrogens with zero attached hydrogens (tertiary/aromatic N) is 3. The monoisotopic (exact) mass is 425 g/mol. The number of aliphatic imine (C=N–C) groups is 1. The van der Waals surface area contributed by atoms with Crippen molar-refractivity contribution in [3.63, 3.8) is 0 Å². The van der Waals surface area contributed by atoms with Gasteiger partial charge in [-0.05, 0) is 31.4 Å². The summed E-state index contributed by atoms with van der Waals surface area (Å²) in [7, 11) is 1.42. The molecule has 0 fully saturated rings. The highest BCUT2D eigenvalue weighted by Gasteiger charge is 2.57. The van der Waals surface area contributed by atoms with Gasteiger partial charge in [-0.3, -0.25) is 4.99 Å². The van der Waals surface area contributed by atoms with E-state index in [9.17, 15) is 18.3 Å². The van der Waals surface area contributed by atoms with Gasteiger partial charge in [0.25, 0.3) is 0 Å². The molecule has 1 heterocycles. The number of benzene rings is 1. The molecule has 0 aliphatic rings. The summed E-state index contributed by atoms with van der Waals surface area (Å²) in [6.07, 6.45) is -1.97. The second-order valence-electron chi connectivity index (χ2n) is 7.19. The van der Waals surface area contributed by atoms with Gasteiger partial charge in [0.1, 0.15) is 5.82 Å². The topological polar surface area (TPSA) is 74.5 Å². The van der Waals surface area contributed by atoms with Gasteiger partial charge in [-0.1, -0.05) is 31.2 Å². The number of imidazole rings is 1. The zero-order valence-corrected chi connectivity index (χ0v) is 17.8. The van der Waals surface area contributed by atoms with Gasteiger partial charge in [0, 0.05) is 39.0 Å². The summed E-state index contributed by atoms with van der Waals surface area (Å²) in [5.41, 5.74) is -0.807. The van der Waals surface area contributed by atoms with E-state index in [0.29, 0.717) is 12.5 Å². The number of hydrogen-bond acceptors (Lipinski definition) is 3. The molecule has 0 aliphatic carbocycles. The first-order chi connectivity index (χ1) is 14.1. The fourth-order valence-electron chi connectivity index (χ4n) is 3.12. The Labute approximate surface area is 175 Å². The molecule has 0 aliphatic heterocycles. The van der Waals surface area contributed by atoms with Crippen LogP contribution in [0.3, 0.4) is 0 Å². The summed E-state index contributed by atoms with van der Waals surface area (Å²) >= 11 is 0. The number of aliphatic hydroxyl groups is 1. The molecule has 166 valence electrons. The van der Waals surface area contributed by atoms with E-state index in [4.69, 9.17) is 0 Å². The maximum atomic E-state index is 13.6. The van der Waals surface area contributed by atoms with Crippen LogP contribution in [0.1, 0.15) is 50.2 Å². The van der Waals surface area contributed by atoms with Crippen molar-refractivity contribution in [2.75, 3.05) is 13.1 Å². The predicted octanol–water partition coefficient (Wildman–Crippen LogP) is 3.44. The minimum Gasteiger partial charge on any atom is -0.374 e. The molecule has 2 unspecified atom stereocenters. The lowest BCUT2D eigenvalue weighted by atomic mass is 9.98. The summed E-state index contributed by atoms with van der Waals surface area (Å²) in [5, 5.41) is 16.7. The van der Waals surface area contributed by atoms with E-state index in [1.165, 1.54) is 29.6 Å². The van der Waals surface area contributed by atoms with Gasteiger partial charge in [-0.2, -0.15) is 13.2 Å². The van der Waals surface area contributed by atoms with Gasteiger partial charge < -0.3 is 20.3 Å². The first-order valence-corrected chi connectivity index (χ1v) is 10.0. The van der Waals surface area contributed by atoms with Crippen molar-refractivity contribution in [1.82, 2.24) is 20.2 Å². The highest BCUT2D eigenvalue weighted by Crippen LogP contribution is 2.40. The lowest BCUT2D eigenvalue weighted by Crippen LogP contribution is -2.45. The highest BCUT2D eigenvalue weighted by atomic mass is 19.4. The SMILES string of the molecule is CCNC(=NCCC(O)(c1nccn1C)C(F)(F)F)NC(C)c1ccc(CC)cc1. The minimum absolute atomic E-state index is 0.0928. The lowest BCUT2D eigenvalue weighted by Gasteiger charge is -2.29. The average molecular weight is 425 g/mol. The van der Waals surface area contributed by atoms with Crippen molar-refractivity contribution < 1.29 is 18.3 Å². The lowest BCUT2D eigenvalue weighted by molar-refractivity contribution is -0.272. The molecule has 0 spiro atoms. The van der Waals surface area contributed by atoms with E-state index in [2.05, 4.69) is 27.5 Å². The predicted molar refractivity (Wildman–Crippen MR) is 111 cm³/mol. The van der Waals surface area contributed by atoms with Gasteiger partial charge in [-0.25, -0.2) is 4.98 Å². The van der Waals surface area contributed by atoms with Gasteiger partial charge >= 0.3 is 6.18 Å². The number of aromatic nitrogens is 2. The number of aryl methyl sites for hydroxylation is 2. The molecule has 2 atom stereocenters. The van der Waals surface area contributed by atoms with Crippen molar-refractivity contribution in [3.05, 3.63) is 53.6 Å². The normalized spacial score (nSPS) is 15.5. The van der Waals surface area contributed by atoms with E-state index < -0.39 is 24.0 Å². The van der Waals surface area contributed by atoms with Gasteiger partial charge in [0.2, 0.25) is 5.60 Å². The third kappa shape index (κ3) is 5.53. The standard InChI is InChI=1S/C21H30F3N5O/c1-5-16-7-9-17(10-8-16)15(3)28-19(25-6-2)27-12-11-20(30,21(22,23)24)18-26-13-14-29(18)4/h7-10,13-15,30H,5-6,11-12H2,1-4H3,(H2,25,27,28). The van der Waals surface area contributed by atoms with Crippen LogP contribution in [-0.2, 0) is 19.1 Å². The fourth-order valence-corrected chi connectivity index (χ4v) is 3.12. The Kier molecular flexibility index (Phi) is 7.89. The summed E-state index contributed by atoms with van der Waals surface area (Å²) in [6, 6.07) is 8.04. The maximum Gasteiger partial charge on any atom is 0.424 e. The van der Waals surface area contributed by atoms with Crippen LogP contribution in [0, 0.1) is 0 Å². The molecule has 1 aromatic heterocycles. The van der Waals surface area contributed by atoms with Crippen LogP contribution in [0.25, 0.3) is 0 Å². The Morgan fingerprint density at radius 2 is 1.90 bits per heavy atom. The number of rotatable bonds is 8. The van der Waals surface area contributed by atoms with E-state index in [-0.39, 0.29) is 12.6 Å². The number of hydrogen-bond donors (Lipinski definition) is 3. The molecule has 2 rings (SSSR count). The van der Waals surface area contributed by atoms with E-state index in [1.54, 1.807) is 0 Å². The minimum atomic E-state index is -4.87. The summed E-state index contributed by atoms with van der Waals surface area (Å²) in [6.45, 7) is 6.22. The quantitative estimate of drug-likeness (QED) is 0.448. The summed E-state index contributed by atoms with van der Waals surface area (Å²) < 4.78 is 42.1. The van der Waals surface area contributed by atoms with Crippen LogP contribution in [-0.4, -0.2) is 39.9 Å². The van der Waals surface area contributed by atoms with Crippen molar-refractivity contribution in [2.45, 2.75) is 51.4 Å². The Balaban J connectivity index is 2.13. The highest BCUT2D eigenvalue weighted by molar-refractivity contribution is 5.80. The Hall–Kier alpha value is -2.55. The third-order valence-electron chi connectivity index (χ3n) is 4.99. The molecule has 2 aromatic rings. The zero-order valence-electron chi connectivity index (χ0n) is 17.8. The van der Waals surface area contributed by atoms with Crippen LogP contribution < -0.4 is 10.6 Å². The van der Waals surface area contributed by atoms with Crippen molar-refractivity contribution >= 4 is 5.96 Å². The smallest absolute Gasteiger partial charge is 0.374 e. The summed E-state index contributed by atoms with van der Waals surface area (Å²) in [4.78, 5) is 7.95. The number of halogens is 3. The molecule has 0 saturated heterocycles. The summed E-state index contributed by atoms with van der Waals surface area (Å²) in [5.74, 6) is -0.0681. The van der Waals surface area contributed by atoms with Crippen molar-refractivity contribution in [2.24, 2.45) is 12.0 Å². The molecular weight excluding hydrogens is 395 g/mol. The Morgan fingerprint density at radius 1 is 1.23 bits per heavy atom. The Morgan fingerprint density at radius 3 is 2.40 bits per heavy atom. The number of guanidine groups is 1. The number of nitrogens with one attached hydrogen (secondary N) is 2. The molecule has 30 heavy (non-hydrogen) atoms. The van der Waals surface area contributed by atoms with E-state index >= 15 is 0 Å². The molecule has 9 heteroatoms. The molecule has 0 radical (unpaired) electrons. The molecule has 0 bridgehead atoms. The third-order valence-corrected chi connectivity index (χ3v) is 4.99. The number of alkyl halides is 3. The van der Waals surface area contributed by atoms with E-state index in [0.717, 1.165) is 12.0 Å². The zero-order chi connectivity index (χ0) is 22.4. The maximum absolute atomic E-state index is 13.6. The van der Waals surface area contributed by atoms with Crippen molar-refractivity contribution in [1.29, 1.82) is 0 Å². The first-order valence-electron chi connectivity index (χ1n) is 10.0. The van der Waals surface area contributed by atoms with Crippen LogP contribution in [0.4, 0.5) is 13.2 Å². The largest absolute Gasteiger partial charge is 0.424 e. The fraction of sp³-hybridized carbons (Fsp3) is 0.524. The first kappa shape index (κ1) is 23.7. The van der Waals surface area contributed by atoms with Gasteiger partial charge in [0.15, 0.2) is 5.96 Å².